The summed E-state index contributed by atoms with van der Waals surface area (Å²) in [6.45, 7) is 6.19. The van der Waals surface area contributed by atoms with E-state index in [2.05, 4.69) is 5.32 Å². The Labute approximate surface area is 225 Å². The van der Waals surface area contributed by atoms with Crippen molar-refractivity contribution in [3.8, 4) is 5.75 Å². The lowest BCUT2D eigenvalue weighted by atomic mass is 10.0. The maximum Gasteiger partial charge on any atom is 0.261 e. The predicted molar refractivity (Wildman–Crippen MR) is 153 cm³/mol. The van der Waals surface area contributed by atoms with Crippen LogP contribution in [0.3, 0.4) is 0 Å². The van der Waals surface area contributed by atoms with Crippen LogP contribution in [0.1, 0.15) is 37.0 Å². The molecule has 0 aliphatic rings. The molecule has 0 fully saturated rings. The Morgan fingerprint density at radius 3 is 2.26 bits per heavy atom. The zero-order valence-electron chi connectivity index (χ0n) is 22.4. The molecule has 2 amide bonds. The largest absolute Gasteiger partial charge is 0.483 e. The van der Waals surface area contributed by atoms with Crippen molar-refractivity contribution in [1.82, 2.24) is 10.2 Å². The van der Waals surface area contributed by atoms with Crippen LogP contribution in [0.25, 0.3) is 10.8 Å². The quantitative estimate of drug-likeness (QED) is 0.267. The minimum atomic E-state index is -0.684. The highest BCUT2D eigenvalue weighted by Gasteiger charge is 2.31. The Morgan fingerprint density at radius 2 is 1.53 bits per heavy atom. The molecule has 0 unspecified atom stereocenters. The van der Waals surface area contributed by atoms with Crippen molar-refractivity contribution in [3.05, 3.63) is 114 Å². The van der Waals surface area contributed by atoms with E-state index >= 15 is 0 Å². The van der Waals surface area contributed by atoms with E-state index in [1.54, 1.807) is 4.90 Å². The topological polar surface area (TPSA) is 58.6 Å². The third kappa shape index (κ3) is 7.00. The van der Waals surface area contributed by atoms with Crippen LogP contribution in [-0.4, -0.2) is 35.4 Å². The third-order valence-corrected chi connectivity index (χ3v) is 6.85. The van der Waals surface area contributed by atoms with Gasteiger partial charge in [-0.15, -0.1) is 0 Å². The Kier molecular flexibility index (Phi) is 9.15. The molecule has 38 heavy (non-hydrogen) atoms. The maximum absolute atomic E-state index is 13.8. The number of hydrogen-bond donors (Lipinski definition) is 1. The van der Waals surface area contributed by atoms with Crippen LogP contribution >= 0.6 is 0 Å². The summed E-state index contributed by atoms with van der Waals surface area (Å²) in [6.07, 6.45) is 1.22. The Balaban J connectivity index is 1.64. The summed E-state index contributed by atoms with van der Waals surface area (Å²) in [5.74, 6) is 0.253. The monoisotopic (exact) mass is 508 g/mol. The number of carbonyl (C=O) groups is 2. The summed E-state index contributed by atoms with van der Waals surface area (Å²) in [5, 5.41) is 5.10. The van der Waals surface area contributed by atoms with Gasteiger partial charge in [-0.3, -0.25) is 9.59 Å². The van der Waals surface area contributed by atoms with Crippen LogP contribution in [0.5, 0.6) is 5.75 Å². The van der Waals surface area contributed by atoms with Gasteiger partial charge in [-0.05, 0) is 42.8 Å². The number of amides is 2. The van der Waals surface area contributed by atoms with Gasteiger partial charge in [-0.1, -0.05) is 103 Å². The molecule has 0 radical (unpaired) electrons. The van der Waals surface area contributed by atoms with Gasteiger partial charge in [-0.2, -0.15) is 0 Å². The number of ether oxygens (including phenoxy) is 1. The van der Waals surface area contributed by atoms with E-state index in [1.807, 2.05) is 118 Å². The first-order valence-corrected chi connectivity index (χ1v) is 13.2. The molecule has 1 N–H and O–H groups in total. The van der Waals surface area contributed by atoms with Crippen LogP contribution in [-0.2, 0) is 22.6 Å². The van der Waals surface area contributed by atoms with Gasteiger partial charge in [0.2, 0.25) is 5.91 Å². The molecule has 196 valence electrons. The average molecular weight is 509 g/mol. The molecule has 2 atom stereocenters. The number of nitrogens with zero attached hydrogens (tertiary/aromatic N) is 1. The van der Waals surface area contributed by atoms with Gasteiger partial charge in [0.1, 0.15) is 11.8 Å². The lowest BCUT2D eigenvalue weighted by molar-refractivity contribution is -0.143. The standard InChI is InChI=1S/C33H36N2O3/c1-4-25(3)34-33(37)30(21-26-11-6-5-7-12-26)35(22-27-19-17-24(2)18-20-27)32(36)23-38-31-16-10-14-28-13-8-9-15-29(28)31/h5-20,25,30H,4,21-23H2,1-3H3,(H,34,37)/t25-,30+/m1/s1. The highest BCUT2D eigenvalue weighted by atomic mass is 16.5. The normalized spacial score (nSPS) is 12.5. The Bertz CT molecular complexity index is 1350. The Morgan fingerprint density at radius 1 is 0.842 bits per heavy atom. The molecule has 0 aromatic heterocycles. The maximum atomic E-state index is 13.8. The van der Waals surface area contributed by atoms with Crippen molar-refractivity contribution in [3.63, 3.8) is 0 Å². The fourth-order valence-corrected chi connectivity index (χ4v) is 4.43. The van der Waals surface area contributed by atoms with Gasteiger partial charge in [0.25, 0.3) is 5.91 Å². The summed E-state index contributed by atoms with van der Waals surface area (Å²) in [6, 6.07) is 31.0. The van der Waals surface area contributed by atoms with E-state index in [0.717, 1.165) is 33.9 Å². The van der Waals surface area contributed by atoms with Crippen LogP contribution in [0.15, 0.2) is 97.1 Å². The second kappa shape index (κ2) is 12.9. The summed E-state index contributed by atoms with van der Waals surface area (Å²) in [7, 11) is 0. The second-order valence-electron chi connectivity index (χ2n) is 9.80. The molecular formula is C33H36N2O3. The van der Waals surface area contributed by atoms with E-state index in [1.165, 1.54) is 0 Å². The zero-order valence-corrected chi connectivity index (χ0v) is 22.4. The molecule has 0 saturated carbocycles. The number of carbonyl (C=O) groups excluding carboxylic acids is 2. The molecule has 4 aromatic carbocycles. The Hall–Kier alpha value is -4.12. The fourth-order valence-electron chi connectivity index (χ4n) is 4.43. The van der Waals surface area contributed by atoms with Gasteiger partial charge in [0, 0.05) is 24.4 Å². The average Bonchev–Trinajstić information content (AvgIpc) is 2.95. The first-order valence-electron chi connectivity index (χ1n) is 13.2. The van der Waals surface area contributed by atoms with Gasteiger partial charge in [0.15, 0.2) is 6.61 Å². The molecule has 5 nitrogen and oxygen atoms in total. The number of benzene rings is 4. The smallest absolute Gasteiger partial charge is 0.261 e. The summed E-state index contributed by atoms with van der Waals surface area (Å²) >= 11 is 0. The van der Waals surface area contributed by atoms with Gasteiger partial charge < -0.3 is 15.0 Å². The molecular weight excluding hydrogens is 472 g/mol. The first-order chi connectivity index (χ1) is 18.4. The van der Waals surface area contributed by atoms with Crippen molar-refractivity contribution in [2.45, 2.75) is 52.2 Å². The third-order valence-electron chi connectivity index (χ3n) is 6.85. The number of hydrogen-bond acceptors (Lipinski definition) is 3. The first kappa shape index (κ1) is 26.9. The van der Waals surface area contributed by atoms with Gasteiger partial charge in [0.05, 0.1) is 0 Å². The molecule has 0 saturated heterocycles. The molecule has 5 heteroatoms. The lowest BCUT2D eigenvalue weighted by Crippen LogP contribution is -2.53. The minimum absolute atomic E-state index is 0.00373. The predicted octanol–water partition coefficient (Wildman–Crippen LogP) is 6.08. The zero-order chi connectivity index (χ0) is 26.9. The van der Waals surface area contributed by atoms with Crippen LogP contribution < -0.4 is 10.1 Å². The van der Waals surface area contributed by atoms with Crippen LogP contribution in [0.2, 0.25) is 0 Å². The second-order valence-corrected chi connectivity index (χ2v) is 9.80. The van der Waals surface area contributed by atoms with E-state index in [4.69, 9.17) is 4.74 Å². The SMILES string of the molecule is CC[C@@H](C)NC(=O)[C@H](Cc1ccccc1)N(Cc1ccc(C)cc1)C(=O)COc1cccc2ccccc12. The lowest BCUT2D eigenvalue weighted by Gasteiger charge is -2.32. The van der Waals surface area contributed by atoms with E-state index in [0.29, 0.717) is 18.7 Å². The molecule has 4 aromatic rings. The van der Waals surface area contributed by atoms with E-state index < -0.39 is 6.04 Å². The number of rotatable bonds is 11. The number of fused-ring (bicyclic) bond motifs is 1. The van der Waals surface area contributed by atoms with Crippen molar-refractivity contribution >= 4 is 22.6 Å². The molecule has 0 aliphatic heterocycles. The summed E-state index contributed by atoms with van der Waals surface area (Å²) in [5.41, 5.74) is 3.10. The molecule has 0 spiro atoms. The van der Waals surface area contributed by atoms with Gasteiger partial charge in [-0.25, -0.2) is 0 Å². The van der Waals surface area contributed by atoms with Crippen molar-refractivity contribution in [2.24, 2.45) is 0 Å². The van der Waals surface area contributed by atoms with E-state index in [9.17, 15) is 9.59 Å². The van der Waals surface area contributed by atoms with Crippen molar-refractivity contribution in [1.29, 1.82) is 0 Å². The van der Waals surface area contributed by atoms with E-state index in [-0.39, 0.29) is 24.5 Å². The summed E-state index contributed by atoms with van der Waals surface area (Å²) < 4.78 is 6.08. The molecule has 0 heterocycles. The van der Waals surface area contributed by atoms with Crippen LogP contribution in [0, 0.1) is 6.92 Å². The number of nitrogens with one attached hydrogen (secondary N) is 1. The minimum Gasteiger partial charge on any atom is -0.483 e. The van der Waals surface area contributed by atoms with Gasteiger partial charge >= 0.3 is 0 Å². The molecule has 4 rings (SSSR count). The molecule has 0 bridgehead atoms. The van der Waals surface area contributed by atoms with Crippen LogP contribution in [0.4, 0.5) is 0 Å². The van der Waals surface area contributed by atoms with Crippen molar-refractivity contribution in [2.75, 3.05) is 6.61 Å². The molecule has 0 aliphatic carbocycles. The fraction of sp³-hybridized carbons (Fsp3) is 0.273. The highest BCUT2D eigenvalue weighted by Crippen LogP contribution is 2.25. The summed E-state index contributed by atoms with van der Waals surface area (Å²) in [4.78, 5) is 29.1. The number of aryl methyl sites for hydroxylation is 1. The highest BCUT2D eigenvalue weighted by molar-refractivity contribution is 5.90. The van der Waals surface area contributed by atoms with Crippen molar-refractivity contribution < 1.29 is 14.3 Å².